The summed E-state index contributed by atoms with van der Waals surface area (Å²) in [4.78, 5) is 2.46. The minimum Gasteiger partial charge on any atom is -0.454 e. The van der Waals surface area contributed by atoms with Gasteiger partial charge in [0.05, 0.1) is 6.10 Å². The Bertz CT molecular complexity index is 746. The molecule has 2 saturated heterocycles. The van der Waals surface area contributed by atoms with E-state index in [1.54, 1.807) is 0 Å². The lowest BCUT2D eigenvalue weighted by Crippen LogP contribution is -2.55. The van der Waals surface area contributed by atoms with E-state index in [2.05, 4.69) is 28.4 Å². The number of hydrogen-bond acceptors (Lipinski definition) is 5. The van der Waals surface area contributed by atoms with Crippen LogP contribution in [0.5, 0.6) is 11.5 Å². The zero-order valence-electron chi connectivity index (χ0n) is 13.6. The second-order valence-electron chi connectivity index (χ2n) is 7.77. The smallest absolute Gasteiger partial charge is 0.231 e. The van der Waals surface area contributed by atoms with Crippen molar-refractivity contribution in [3.63, 3.8) is 0 Å². The topological polar surface area (TPSA) is 54.0 Å². The van der Waals surface area contributed by atoms with Gasteiger partial charge in [0.15, 0.2) is 11.5 Å². The fourth-order valence-corrected chi connectivity index (χ4v) is 5.65. The lowest BCUT2D eigenvalue weighted by atomic mass is 9.67. The minimum absolute atomic E-state index is 0.311. The summed E-state index contributed by atoms with van der Waals surface area (Å²) in [5.74, 6) is 2.67. The summed E-state index contributed by atoms with van der Waals surface area (Å²) in [6.45, 7) is 3.06. The van der Waals surface area contributed by atoms with Crippen LogP contribution in [0.2, 0.25) is 0 Å². The van der Waals surface area contributed by atoms with Crippen molar-refractivity contribution in [1.82, 2.24) is 10.2 Å². The fraction of sp³-hybridized carbons (Fsp3) is 0.579. The van der Waals surface area contributed by atoms with E-state index < -0.39 is 0 Å². The Kier molecular flexibility index (Phi) is 2.71. The fourth-order valence-electron chi connectivity index (χ4n) is 5.65. The second-order valence-corrected chi connectivity index (χ2v) is 7.77. The molecule has 0 radical (unpaired) electrons. The third kappa shape index (κ3) is 1.70. The monoisotopic (exact) mass is 326 g/mol. The van der Waals surface area contributed by atoms with E-state index >= 15 is 0 Å². The summed E-state index contributed by atoms with van der Waals surface area (Å²) in [6.07, 6.45) is 4.52. The molecule has 24 heavy (non-hydrogen) atoms. The zero-order chi connectivity index (χ0) is 15.8. The van der Waals surface area contributed by atoms with E-state index in [0.717, 1.165) is 31.1 Å². The average Bonchev–Trinajstić information content (AvgIpc) is 3.17. The van der Waals surface area contributed by atoms with E-state index in [4.69, 9.17) is 9.47 Å². The first kappa shape index (κ1) is 13.7. The van der Waals surface area contributed by atoms with Gasteiger partial charge < -0.3 is 19.9 Å². The number of aliphatic hydroxyl groups is 1. The van der Waals surface area contributed by atoms with Crippen molar-refractivity contribution in [2.75, 3.05) is 19.9 Å². The highest BCUT2D eigenvalue weighted by Gasteiger charge is 2.52. The second kappa shape index (κ2) is 4.75. The molecule has 126 valence electrons. The maximum atomic E-state index is 10.6. The Hall–Kier alpha value is -1.56. The molecule has 5 heteroatoms. The molecule has 0 unspecified atom stereocenters. The first-order valence-corrected chi connectivity index (χ1v) is 9.09. The third-order valence-corrected chi connectivity index (χ3v) is 6.58. The highest BCUT2D eigenvalue weighted by molar-refractivity contribution is 5.54. The van der Waals surface area contributed by atoms with Crippen LogP contribution in [0, 0.1) is 5.92 Å². The van der Waals surface area contributed by atoms with Crippen LogP contribution in [0.25, 0.3) is 0 Å². The number of ether oxygens (including phenoxy) is 2. The van der Waals surface area contributed by atoms with Crippen molar-refractivity contribution in [3.8, 4) is 11.5 Å². The summed E-state index contributed by atoms with van der Waals surface area (Å²) in [6, 6.07) is 5.16. The Morgan fingerprint density at radius 3 is 3.00 bits per heavy atom. The quantitative estimate of drug-likeness (QED) is 0.705. The largest absolute Gasteiger partial charge is 0.454 e. The normalized spacial score (nSPS) is 39.0. The Balaban J connectivity index is 1.54. The molecule has 6 rings (SSSR count). The van der Waals surface area contributed by atoms with Crippen molar-refractivity contribution < 1.29 is 14.6 Å². The molecule has 4 aliphatic heterocycles. The number of nitrogens with one attached hydrogen (secondary N) is 1. The van der Waals surface area contributed by atoms with Gasteiger partial charge in [-0.05, 0) is 54.1 Å². The number of hydrogen-bond donors (Lipinski definition) is 2. The summed E-state index contributed by atoms with van der Waals surface area (Å²) < 4.78 is 11.2. The van der Waals surface area contributed by atoms with E-state index in [-0.39, 0.29) is 6.10 Å². The van der Waals surface area contributed by atoms with E-state index in [1.807, 2.05) is 0 Å². The van der Waals surface area contributed by atoms with Crippen molar-refractivity contribution in [1.29, 1.82) is 0 Å². The molecule has 1 aromatic carbocycles. The Morgan fingerprint density at radius 1 is 1.21 bits per heavy atom. The summed E-state index contributed by atoms with van der Waals surface area (Å²) in [5, 5.41) is 14.4. The SMILES string of the molecule is O[C@H]1CN2Cc3cc4c(cc3[C@H]3[C@@H]5NCCC[C@H]5C=C1[C@H]32)OCO4. The zero-order valence-corrected chi connectivity index (χ0v) is 13.6. The first-order chi connectivity index (χ1) is 11.8. The van der Waals surface area contributed by atoms with Crippen LogP contribution in [-0.4, -0.2) is 48.1 Å². The predicted octanol–water partition coefficient (Wildman–Crippen LogP) is 1.37. The highest BCUT2D eigenvalue weighted by atomic mass is 16.7. The van der Waals surface area contributed by atoms with Crippen LogP contribution in [0.3, 0.4) is 0 Å². The molecule has 0 bridgehead atoms. The molecule has 5 atom stereocenters. The van der Waals surface area contributed by atoms with E-state index in [9.17, 15) is 5.11 Å². The lowest BCUT2D eigenvalue weighted by Gasteiger charge is -2.49. The van der Waals surface area contributed by atoms with Crippen LogP contribution in [0.4, 0.5) is 0 Å². The molecule has 0 aromatic heterocycles. The third-order valence-electron chi connectivity index (χ3n) is 6.58. The van der Waals surface area contributed by atoms with E-state index in [0.29, 0.717) is 30.7 Å². The number of aliphatic hydroxyl groups excluding tert-OH is 1. The van der Waals surface area contributed by atoms with Gasteiger partial charge in [0, 0.05) is 31.1 Å². The van der Waals surface area contributed by atoms with Crippen molar-refractivity contribution in [3.05, 3.63) is 34.9 Å². The first-order valence-electron chi connectivity index (χ1n) is 9.09. The summed E-state index contributed by atoms with van der Waals surface area (Å²) in [7, 11) is 0. The number of fused-ring (bicyclic) bond motifs is 5. The van der Waals surface area contributed by atoms with Crippen LogP contribution < -0.4 is 14.8 Å². The average molecular weight is 326 g/mol. The Labute approximate surface area is 141 Å². The molecule has 2 N–H and O–H groups in total. The molecule has 5 nitrogen and oxygen atoms in total. The maximum Gasteiger partial charge on any atom is 0.231 e. The van der Waals surface area contributed by atoms with Gasteiger partial charge in [-0.15, -0.1) is 0 Å². The predicted molar refractivity (Wildman–Crippen MR) is 88.1 cm³/mol. The standard InChI is InChI=1S/C19H22N2O3/c22-14-8-21-7-11-5-15-16(24-9-23-15)6-12(11)17-18-10(2-1-3-20-18)4-13(14)19(17)21/h4-6,10,14,17-20,22H,1-3,7-9H2/t10-,14-,17-,18+,19+/m0/s1. The molecule has 1 aromatic rings. The lowest BCUT2D eigenvalue weighted by molar-refractivity contribution is 0.142. The van der Waals surface area contributed by atoms with Crippen molar-refractivity contribution in [2.45, 2.75) is 43.5 Å². The van der Waals surface area contributed by atoms with Crippen LogP contribution in [0.1, 0.15) is 29.9 Å². The van der Waals surface area contributed by atoms with Gasteiger partial charge in [0.1, 0.15) is 0 Å². The van der Waals surface area contributed by atoms with Gasteiger partial charge in [0.25, 0.3) is 0 Å². The van der Waals surface area contributed by atoms with Crippen LogP contribution >= 0.6 is 0 Å². The molecule has 0 spiro atoms. The van der Waals surface area contributed by atoms with Crippen molar-refractivity contribution >= 4 is 0 Å². The molecule has 4 heterocycles. The Morgan fingerprint density at radius 2 is 2.08 bits per heavy atom. The van der Waals surface area contributed by atoms with Gasteiger partial charge in [-0.1, -0.05) is 6.08 Å². The molecule has 0 amide bonds. The maximum absolute atomic E-state index is 10.6. The number of piperidine rings is 1. The molecule has 5 aliphatic rings. The van der Waals surface area contributed by atoms with Crippen LogP contribution in [-0.2, 0) is 6.54 Å². The number of benzene rings is 1. The van der Waals surface area contributed by atoms with Gasteiger partial charge in [-0.25, -0.2) is 0 Å². The molecule has 0 saturated carbocycles. The minimum atomic E-state index is -0.311. The summed E-state index contributed by atoms with van der Waals surface area (Å²) >= 11 is 0. The van der Waals surface area contributed by atoms with Gasteiger partial charge in [0.2, 0.25) is 6.79 Å². The van der Waals surface area contributed by atoms with Gasteiger partial charge >= 0.3 is 0 Å². The van der Waals surface area contributed by atoms with Gasteiger partial charge in [-0.3, -0.25) is 4.90 Å². The molecular weight excluding hydrogens is 304 g/mol. The molecule has 1 aliphatic carbocycles. The summed E-state index contributed by atoms with van der Waals surface area (Å²) in [5.41, 5.74) is 3.99. The van der Waals surface area contributed by atoms with Gasteiger partial charge in [-0.2, -0.15) is 0 Å². The number of rotatable bonds is 0. The van der Waals surface area contributed by atoms with Crippen molar-refractivity contribution in [2.24, 2.45) is 5.92 Å². The van der Waals surface area contributed by atoms with E-state index in [1.165, 1.54) is 29.5 Å². The highest BCUT2D eigenvalue weighted by Crippen LogP contribution is 2.51. The van der Waals surface area contributed by atoms with Crippen LogP contribution in [0.15, 0.2) is 23.8 Å². The number of nitrogens with zero attached hydrogens (tertiary/aromatic N) is 1. The molecule has 2 fully saturated rings. The molecular formula is C19H22N2O3.